The van der Waals surface area contributed by atoms with Gasteiger partial charge in [0.25, 0.3) is 0 Å². The van der Waals surface area contributed by atoms with Crippen LogP contribution in [0, 0.1) is 11.3 Å². The van der Waals surface area contributed by atoms with Crippen LogP contribution in [-0.4, -0.2) is 74.8 Å². The van der Waals surface area contributed by atoms with Crippen LogP contribution in [0.5, 0.6) is 0 Å². The zero-order valence-corrected chi connectivity index (χ0v) is 19.5. The Morgan fingerprint density at radius 2 is 2.00 bits per heavy atom. The molecule has 34 heavy (non-hydrogen) atoms. The van der Waals surface area contributed by atoms with Crippen molar-refractivity contribution in [3.8, 4) is 6.07 Å². The molecule has 0 aromatic carbocycles. The molecule has 3 aromatic rings. The molecule has 9 nitrogen and oxygen atoms in total. The summed E-state index contributed by atoms with van der Waals surface area (Å²) >= 11 is 0. The van der Waals surface area contributed by atoms with E-state index in [0.29, 0.717) is 30.5 Å². The number of H-pyrrole nitrogens is 1. The molecule has 3 aliphatic heterocycles. The number of anilines is 3. The predicted octanol–water partition coefficient (Wildman–Crippen LogP) is 3.45. The van der Waals surface area contributed by atoms with E-state index in [1.54, 1.807) is 0 Å². The van der Waals surface area contributed by atoms with E-state index in [1.165, 1.54) is 12.8 Å². The monoisotopic (exact) mass is 457 g/mol. The average Bonchev–Trinajstić information content (AvgIpc) is 3.36. The Kier molecular flexibility index (Phi) is 5.55. The number of likely N-dealkylation sites (N-methyl/N-ethyl adjacent to an activating group) is 1. The first-order chi connectivity index (χ1) is 16.7. The second kappa shape index (κ2) is 8.85. The van der Waals surface area contributed by atoms with E-state index in [9.17, 15) is 0 Å². The van der Waals surface area contributed by atoms with Gasteiger partial charge in [-0.05, 0) is 44.9 Å². The number of fused-ring (bicyclic) bond motifs is 3. The summed E-state index contributed by atoms with van der Waals surface area (Å²) < 4.78 is 0. The molecule has 0 saturated carbocycles. The van der Waals surface area contributed by atoms with Gasteiger partial charge in [0.2, 0.25) is 0 Å². The van der Waals surface area contributed by atoms with Gasteiger partial charge in [0.15, 0.2) is 5.82 Å². The molecule has 2 unspecified atom stereocenters. The zero-order valence-electron chi connectivity index (χ0n) is 19.5. The number of hydrogen-bond donors (Lipinski definition) is 3. The van der Waals surface area contributed by atoms with E-state index in [2.05, 4.69) is 60.9 Å². The summed E-state index contributed by atoms with van der Waals surface area (Å²) in [6.45, 7) is 3.02. The van der Waals surface area contributed by atoms with E-state index in [4.69, 9.17) is 10.2 Å². The van der Waals surface area contributed by atoms with Gasteiger partial charge in [-0.3, -0.25) is 15.0 Å². The maximum Gasteiger partial charge on any atom is 0.153 e. The number of piperidine rings is 1. The van der Waals surface area contributed by atoms with E-state index in [-0.39, 0.29) is 0 Å². The molecule has 3 fully saturated rings. The molecular weight excluding hydrogens is 426 g/mol. The van der Waals surface area contributed by atoms with Crippen LogP contribution >= 0.6 is 0 Å². The summed E-state index contributed by atoms with van der Waals surface area (Å²) in [6.07, 6.45) is 7.06. The second-order valence-electron chi connectivity index (χ2n) is 10.0. The first kappa shape index (κ1) is 21.3. The Morgan fingerprint density at radius 3 is 2.76 bits per heavy atom. The van der Waals surface area contributed by atoms with Gasteiger partial charge >= 0.3 is 0 Å². The molecule has 6 heterocycles. The molecule has 3 aliphatic rings. The lowest BCUT2D eigenvalue weighted by Gasteiger charge is -2.39. The molecule has 176 valence electrons. The van der Waals surface area contributed by atoms with Crippen molar-refractivity contribution >= 4 is 28.4 Å². The van der Waals surface area contributed by atoms with Crippen molar-refractivity contribution in [2.45, 2.75) is 56.1 Å². The Bertz CT molecular complexity index is 1190. The number of hydrogen-bond acceptors (Lipinski definition) is 8. The summed E-state index contributed by atoms with van der Waals surface area (Å²) in [4.78, 5) is 14.4. The minimum absolute atomic E-state index is 0.370. The minimum atomic E-state index is 0.370. The maximum absolute atomic E-state index is 9.01. The average molecular weight is 458 g/mol. The molecule has 3 aromatic heterocycles. The number of nitriles is 1. The van der Waals surface area contributed by atoms with E-state index >= 15 is 0 Å². The smallest absolute Gasteiger partial charge is 0.153 e. The molecule has 6 rings (SSSR count). The number of aromatic nitrogens is 4. The second-order valence-corrected chi connectivity index (χ2v) is 10.0. The third-order valence-corrected chi connectivity index (χ3v) is 7.66. The van der Waals surface area contributed by atoms with Gasteiger partial charge in [0.05, 0.1) is 11.6 Å². The Labute approximate surface area is 199 Å². The lowest BCUT2D eigenvalue weighted by atomic mass is 9.97. The molecule has 2 bridgehead atoms. The van der Waals surface area contributed by atoms with Crippen molar-refractivity contribution in [1.82, 2.24) is 30.0 Å². The highest BCUT2D eigenvalue weighted by Gasteiger charge is 2.40. The van der Waals surface area contributed by atoms with Crippen molar-refractivity contribution in [2.24, 2.45) is 0 Å². The highest BCUT2D eigenvalue weighted by atomic mass is 15.2. The van der Waals surface area contributed by atoms with Crippen molar-refractivity contribution in [2.75, 3.05) is 37.3 Å². The van der Waals surface area contributed by atoms with Crippen molar-refractivity contribution in [1.29, 1.82) is 5.26 Å². The third-order valence-electron chi connectivity index (χ3n) is 7.66. The van der Waals surface area contributed by atoms with Crippen LogP contribution in [0.15, 0.2) is 30.5 Å². The zero-order chi connectivity index (χ0) is 23.1. The molecule has 9 heteroatoms. The fourth-order valence-electron chi connectivity index (χ4n) is 6.02. The van der Waals surface area contributed by atoms with Crippen LogP contribution < -0.4 is 10.6 Å². The molecule has 0 amide bonds. The van der Waals surface area contributed by atoms with E-state index < -0.39 is 0 Å². The van der Waals surface area contributed by atoms with Crippen molar-refractivity contribution < 1.29 is 0 Å². The Morgan fingerprint density at radius 1 is 1.18 bits per heavy atom. The number of likely N-dealkylation sites (tertiary alicyclic amines) is 1. The van der Waals surface area contributed by atoms with Crippen LogP contribution in [0.1, 0.15) is 43.7 Å². The van der Waals surface area contributed by atoms with Crippen molar-refractivity contribution in [3.63, 3.8) is 0 Å². The maximum atomic E-state index is 9.01. The summed E-state index contributed by atoms with van der Waals surface area (Å²) in [6, 6.07) is 11.9. The topological polar surface area (TPSA) is 109 Å². The predicted molar refractivity (Wildman–Crippen MR) is 132 cm³/mol. The largest absolute Gasteiger partial charge is 0.367 e. The minimum Gasteiger partial charge on any atom is -0.367 e. The van der Waals surface area contributed by atoms with E-state index in [0.717, 1.165) is 66.5 Å². The van der Waals surface area contributed by atoms with Crippen LogP contribution in [0.3, 0.4) is 0 Å². The van der Waals surface area contributed by atoms with Crippen molar-refractivity contribution in [3.05, 3.63) is 36.2 Å². The van der Waals surface area contributed by atoms with E-state index in [1.807, 2.05) is 18.3 Å². The molecule has 3 saturated heterocycles. The molecule has 2 atom stereocenters. The van der Waals surface area contributed by atoms with Crippen LogP contribution in [-0.2, 0) is 0 Å². The Hall–Kier alpha value is -3.22. The summed E-state index contributed by atoms with van der Waals surface area (Å²) in [5.74, 6) is 2.92. The summed E-state index contributed by atoms with van der Waals surface area (Å²) in [5, 5.41) is 24.8. The SMILES string of the molecule is CN1CC(c2cc(Nc3cc4ncccc4c(NC4CC5CCC(C4)N5CCC#N)n3)n[nH]2)C1. The lowest BCUT2D eigenvalue weighted by Crippen LogP contribution is -2.47. The Balaban J connectivity index is 1.21. The van der Waals surface area contributed by atoms with Gasteiger partial charge in [-0.1, -0.05) is 0 Å². The van der Waals surface area contributed by atoms with Crippen LogP contribution in [0.2, 0.25) is 0 Å². The molecule has 3 N–H and O–H groups in total. The summed E-state index contributed by atoms with van der Waals surface area (Å²) in [5.41, 5.74) is 2.07. The number of nitrogens with one attached hydrogen (secondary N) is 3. The molecule has 0 radical (unpaired) electrons. The standard InChI is InChI=1S/C25H31N9/c1-33-14-16(15-33)21-12-24(32-31-21)29-23-13-22-20(4-2-8-27-22)25(30-23)28-17-10-18-5-6-19(11-17)34(18)9-3-7-26/h2,4,8,12-13,16-19H,3,5-6,9-11,14-15H2,1H3,(H3,28,29,30,31,32). The van der Waals surface area contributed by atoms with Gasteiger partial charge in [-0.15, -0.1) is 0 Å². The quantitative estimate of drug-likeness (QED) is 0.495. The van der Waals surface area contributed by atoms with Gasteiger partial charge in [0.1, 0.15) is 11.6 Å². The van der Waals surface area contributed by atoms with Gasteiger partial charge < -0.3 is 15.5 Å². The normalized spacial score (nSPS) is 25.2. The number of nitrogens with zero attached hydrogens (tertiary/aromatic N) is 6. The number of rotatable bonds is 7. The van der Waals surface area contributed by atoms with Crippen LogP contribution in [0.4, 0.5) is 17.5 Å². The third kappa shape index (κ3) is 4.08. The summed E-state index contributed by atoms with van der Waals surface area (Å²) in [7, 11) is 2.13. The number of pyridine rings is 2. The van der Waals surface area contributed by atoms with Gasteiger partial charge in [-0.2, -0.15) is 10.4 Å². The fraction of sp³-hybridized carbons (Fsp3) is 0.520. The van der Waals surface area contributed by atoms with Crippen LogP contribution in [0.25, 0.3) is 10.9 Å². The molecule has 0 aliphatic carbocycles. The first-order valence-electron chi connectivity index (χ1n) is 12.3. The molecular formula is C25H31N9. The molecule has 0 spiro atoms. The fourth-order valence-corrected chi connectivity index (χ4v) is 6.02. The van der Waals surface area contributed by atoms with Gasteiger partial charge in [-0.25, -0.2) is 4.98 Å². The lowest BCUT2D eigenvalue weighted by molar-refractivity contribution is 0.136. The number of aromatic amines is 1. The first-order valence-corrected chi connectivity index (χ1v) is 12.3. The van der Waals surface area contributed by atoms with Gasteiger partial charge in [0, 0.05) is 79.5 Å². The highest BCUT2D eigenvalue weighted by Crippen LogP contribution is 2.37. The highest BCUT2D eigenvalue weighted by molar-refractivity contribution is 5.91.